The Morgan fingerprint density at radius 2 is 1.74 bits per heavy atom. The quantitative estimate of drug-likeness (QED) is 0.513. The lowest BCUT2D eigenvalue weighted by atomic mass is 10.2. The van der Waals surface area contributed by atoms with Gasteiger partial charge in [-0.3, -0.25) is 9.55 Å². The first-order valence-electron chi connectivity index (χ1n) is 7.90. The summed E-state index contributed by atoms with van der Waals surface area (Å²) in [5, 5.41) is 19.7. The van der Waals surface area contributed by atoms with Crippen LogP contribution in [-0.2, 0) is 0 Å². The SMILES string of the molecule is N#Cc1ccc(Sc2nnc(-c3ccncc3)n2-c2ccc(Cl)cc2)nc1. The predicted molar refractivity (Wildman–Crippen MR) is 103 cm³/mol. The minimum atomic E-state index is 0.510. The van der Waals surface area contributed by atoms with Crippen LogP contribution in [0, 0.1) is 11.3 Å². The van der Waals surface area contributed by atoms with Crippen molar-refractivity contribution in [3.63, 3.8) is 0 Å². The monoisotopic (exact) mass is 390 g/mol. The van der Waals surface area contributed by atoms with Gasteiger partial charge in [0.2, 0.25) is 5.16 Å². The third-order valence-corrected chi connectivity index (χ3v) is 4.87. The molecule has 0 aliphatic carbocycles. The van der Waals surface area contributed by atoms with E-state index < -0.39 is 0 Å². The smallest absolute Gasteiger partial charge is 0.202 e. The molecule has 0 N–H and O–H groups in total. The molecule has 3 aromatic heterocycles. The topological polar surface area (TPSA) is 80.3 Å². The van der Waals surface area contributed by atoms with Crippen molar-refractivity contribution in [1.29, 1.82) is 5.26 Å². The van der Waals surface area contributed by atoms with Crippen LogP contribution in [0.4, 0.5) is 0 Å². The molecule has 0 saturated heterocycles. The Kier molecular flexibility index (Phi) is 4.83. The van der Waals surface area contributed by atoms with Crippen molar-refractivity contribution in [1.82, 2.24) is 24.7 Å². The van der Waals surface area contributed by atoms with E-state index in [2.05, 4.69) is 26.2 Å². The summed E-state index contributed by atoms with van der Waals surface area (Å²) in [6, 6.07) is 16.8. The van der Waals surface area contributed by atoms with Gasteiger partial charge in [-0.1, -0.05) is 11.6 Å². The molecule has 4 aromatic rings. The van der Waals surface area contributed by atoms with E-state index >= 15 is 0 Å². The third-order valence-electron chi connectivity index (χ3n) is 3.72. The second-order valence-electron chi connectivity index (χ2n) is 5.45. The molecule has 3 heterocycles. The Morgan fingerprint density at radius 3 is 2.41 bits per heavy atom. The molecule has 0 unspecified atom stereocenters. The second kappa shape index (κ2) is 7.58. The molecule has 0 aliphatic heterocycles. The third kappa shape index (κ3) is 3.67. The first kappa shape index (κ1) is 17.2. The van der Waals surface area contributed by atoms with E-state index in [4.69, 9.17) is 16.9 Å². The van der Waals surface area contributed by atoms with Gasteiger partial charge in [0.15, 0.2) is 5.82 Å². The molecule has 0 radical (unpaired) electrons. The van der Waals surface area contributed by atoms with Crippen molar-refractivity contribution in [3.8, 4) is 23.1 Å². The molecule has 0 spiro atoms. The van der Waals surface area contributed by atoms with E-state index in [1.807, 2.05) is 41.0 Å². The number of halogens is 1. The summed E-state index contributed by atoms with van der Waals surface area (Å²) < 4.78 is 1.94. The zero-order chi connectivity index (χ0) is 18.6. The van der Waals surface area contributed by atoms with Crippen LogP contribution in [-0.4, -0.2) is 24.7 Å². The minimum Gasteiger partial charge on any atom is -0.270 e. The highest BCUT2D eigenvalue weighted by molar-refractivity contribution is 7.99. The molecule has 8 heteroatoms. The van der Waals surface area contributed by atoms with Crippen molar-refractivity contribution in [2.75, 3.05) is 0 Å². The fourth-order valence-electron chi connectivity index (χ4n) is 2.45. The van der Waals surface area contributed by atoms with Gasteiger partial charge in [-0.25, -0.2) is 4.98 Å². The van der Waals surface area contributed by atoms with Crippen LogP contribution in [0.1, 0.15) is 5.56 Å². The lowest BCUT2D eigenvalue weighted by molar-refractivity contribution is 0.883. The van der Waals surface area contributed by atoms with E-state index in [1.54, 1.807) is 24.5 Å². The number of hydrogen-bond acceptors (Lipinski definition) is 6. The average Bonchev–Trinajstić information content (AvgIpc) is 3.13. The van der Waals surface area contributed by atoms with Gasteiger partial charge in [0, 0.05) is 34.9 Å². The van der Waals surface area contributed by atoms with Crippen LogP contribution in [0.3, 0.4) is 0 Å². The zero-order valence-corrected chi connectivity index (χ0v) is 15.4. The summed E-state index contributed by atoms with van der Waals surface area (Å²) >= 11 is 7.41. The predicted octanol–water partition coefficient (Wildman–Crippen LogP) is 4.40. The highest BCUT2D eigenvalue weighted by Crippen LogP contribution is 2.31. The maximum Gasteiger partial charge on any atom is 0.202 e. The highest BCUT2D eigenvalue weighted by atomic mass is 35.5. The number of pyridine rings is 2. The Bertz CT molecular complexity index is 1100. The van der Waals surface area contributed by atoms with Gasteiger partial charge >= 0.3 is 0 Å². The van der Waals surface area contributed by atoms with E-state index in [-0.39, 0.29) is 0 Å². The molecule has 0 saturated carbocycles. The molecule has 27 heavy (non-hydrogen) atoms. The fraction of sp³-hybridized carbons (Fsp3) is 0. The number of nitriles is 1. The maximum absolute atomic E-state index is 8.92. The molecule has 6 nitrogen and oxygen atoms in total. The van der Waals surface area contributed by atoms with E-state index in [1.165, 1.54) is 18.0 Å². The van der Waals surface area contributed by atoms with Crippen molar-refractivity contribution >= 4 is 23.4 Å². The molecule has 1 aromatic carbocycles. The van der Waals surface area contributed by atoms with Gasteiger partial charge < -0.3 is 0 Å². The Balaban J connectivity index is 1.80. The molecule has 0 atom stereocenters. The van der Waals surface area contributed by atoms with Gasteiger partial charge in [-0.2, -0.15) is 5.26 Å². The molecule has 130 valence electrons. The number of rotatable bonds is 4. The van der Waals surface area contributed by atoms with Gasteiger partial charge in [0.1, 0.15) is 11.1 Å². The number of aromatic nitrogens is 5. The normalized spacial score (nSPS) is 10.5. The molecule has 0 bridgehead atoms. The minimum absolute atomic E-state index is 0.510. The zero-order valence-electron chi connectivity index (χ0n) is 13.8. The summed E-state index contributed by atoms with van der Waals surface area (Å²) in [6.45, 7) is 0. The van der Waals surface area contributed by atoms with Gasteiger partial charge in [0.25, 0.3) is 0 Å². The molecule has 4 rings (SSSR count). The molecular formula is C19H11ClN6S. The largest absolute Gasteiger partial charge is 0.270 e. The van der Waals surface area contributed by atoms with Crippen molar-refractivity contribution in [2.45, 2.75) is 10.2 Å². The summed E-state index contributed by atoms with van der Waals surface area (Å²) in [7, 11) is 0. The lowest BCUT2D eigenvalue weighted by Gasteiger charge is -2.10. The van der Waals surface area contributed by atoms with E-state index in [0.717, 1.165) is 16.3 Å². The molecular weight excluding hydrogens is 380 g/mol. The van der Waals surface area contributed by atoms with Crippen molar-refractivity contribution in [2.24, 2.45) is 0 Å². The van der Waals surface area contributed by atoms with E-state index in [9.17, 15) is 0 Å². The maximum atomic E-state index is 8.92. The highest BCUT2D eigenvalue weighted by Gasteiger charge is 2.17. The Hall–Kier alpha value is -3.21. The summed E-state index contributed by atoms with van der Waals surface area (Å²) in [4.78, 5) is 8.36. The molecule has 0 amide bonds. The van der Waals surface area contributed by atoms with Gasteiger partial charge in [0.05, 0.1) is 5.56 Å². The summed E-state index contributed by atoms with van der Waals surface area (Å²) in [5.74, 6) is 0.691. The summed E-state index contributed by atoms with van der Waals surface area (Å²) in [6.07, 6.45) is 4.96. The number of benzene rings is 1. The average molecular weight is 391 g/mol. The summed E-state index contributed by atoms with van der Waals surface area (Å²) in [5.41, 5.74) is 2.29. The Labute approximate surface area is 164 Å². The van der Waals surface area contributed by atoms with Crippen molar-refractivity contribution in [3.05, 3.63) is 77.7 Å². The number of nitrogens with zero attached hydrogens (tertiary/aromatic N) is 6. The van der Waals surface area contributed by atoms with Crippen LogP contribution in [0.5, 0.6) is 0 Å². The van der Waals surface area contributed by atoms with Gasteiger partial charge in [-0.05, 0) is 60.3 Å². The fourth-order valence-corrected chi connectivity index (χ4v) is 3.37. The first-order valence-corrected chi connectivity index (χ1v) is 9.10. The van der Waals surface area contributed by atoms with Crippen LogP contribution < -0.4 is 0 Å². The van der Waals surface area contributed by atoms with Crippen LogP contribution in [0.15, 0.2) is 77.3 Å². The second-order valence-corrected chi connectivity index (χ2v) is 6.88. The van der Waals surface area contributed by atoms with Crippen molar-refractivity contribution < 1.29 is 0 Å². The number of hydrogen-bond donors (Lipinski definition) is 0. The lowest BCUT2D eigenvalue weighted by Crippen LogP contribution is -1.99. The molecule has 0 aliphatic rings. The molecule has 0 fully saturated rings. The Morgan fingerprint density at radius 1 is 0.963 bits per heavy atom. The standard InChI is InChI=1S/C19H11ClN6S/c20-15-2-4-16(5-3-15)26-18(14-7-9-22-10-8-14)24-25-19(26)27-17-6-1-13(11-21)12-23-17/h1-10,12H. The van der Waals surface area contributed by atoms with E-state index in [0.29, 0.717) is 21.6 Å². The van der Waals surface area contributed by atoms with Crippen LogP contribution >= 0.6 is 23.4 Å². The van der Waals surface area contributed by atoms with Crippen LogP contribution in [0.25, 0.3) is 17.1 Å². The van der Waals surface area contributed by atoms with Gasteiger partial charge in [-0.15, -0.1) is 10.2 Å². The first-order chi connectivity index (χ1) is 13.2. The van der Waals surface area contributed by atoms with Crippen LogP contribution in [0.2, 0.25) is 5.02 Å².